The Bertz CT molecular complexity index is 779. The van der Waals surface area contributed by atoms with E-state index >= 15 is 0 Å². The van der Waals surface area contributed by atoms with E-state index in [0.717, 1.165) is 29.3 Å². The van der Waals surface area contributed by atoms with Crippen molar-refractivity contribution in [3.8, 4) is 11.5 Å². The number of rotatable bonds is 5. The van der Waals surface area contributed by atoms with E-state index in [1.165, 1.54) is 5.56 Å². The second-order valence-electron chi connectivity index (χ2n) is 6.08. The first-order chi connectivity index (χ1) is 12.1. The van der Waals surface area contributed by atoms with Crippen LogP contribution in [0.2, 0.25) is 5.02 Å². The molecular weight excluding hydrogens is 465 g/mol. The predicted octanol–water partition coefficient (Wildman–Crippen LogP) is 4.65. The Hall–Kier alpha value is -1.67. The molecule has 0 heterocycles. The van der Waals surface area contributed by atoms with Gasteiger partial charge in [0.25, 0.3) is 0 Å². The average Bonchev–Trinajstić information content (AvgIpc) is 2.57. The molecule has 0 radical (unpaired) electrons. The van der Waals surface area contributed by atoms with Gasteiger partial charge in [-0.2, -0.15) is 0 Å². The predicted molar refractivity (Wildman–Crippen MR) is 117 cm³/mol. The number of ether oxygens (including phenoxy) is 2. The summed E-state index contributed by atoms with van der Waals surface area (Å²) in [5.41, 5.74) is 8.06. The first-order valence-electron chi connectivity index (χ1n) is 8.17. The number of aliphatic imine (C=N–C) groups is 1. The van der Waals surface area contributed by atoms with E-state index in [4.69, 9.17) is 26.8 Å². The van der Waals surface area contributed by atoms with Gasteiger partial charge < -0.3 is 20.5 Å². The van der Waals surface area contributed by atoms with Gasteiger partial charge >= 0.3 is 0 Å². The molecule has 1 aliphatic rings. The summed E-state index contributed by atoms with van der Waals surface area (Å²) in [6.45, 7) is 0. The first kappa shape index (κ1) is 20.6. The van der Waals surface area contributed by atoms with Crippen molar-refractivity contribution < 1.29 is 9.47 Å². The molecule has 1 saturated carbocycles. The lowest BCUT2D eigenvalue weighted by Gasteiger charge is -2.33. The molecule has 140 valence electrons. The van der Waals surface area contributed by atoms with E-state index in [-0.39, 0.29) is 30.0 Å². The summed E-state index contributed by atoms with van der Waals surface area (Å²) in [7, 11) is 3.23. The quantitative estimate of drug-likeness (QED) is 0.366. The van der Waals surface area contributed by atoms with Gasteiger partial charge in [-0.05, 0) is 48.6 Å². The van der Waals surface area contributed by atoms with E-state index < -0.39 is 0 Å². The number of guanidine groups is 1. The second-order valence-corrected chi connectivity index (χ2v) is 6.52. The van der Waals surface area contributed by atoms with Crippen molar-refractivity contribution in [2.24, 2.45) is 10.7 Å². The normalized spacial score (nSPS) is 19.1. The molecule has 5 nitrogen and oxygen atoms in total. The molecule has 1 aliphatic carbocycles. The molecule has 0 amide bonds. The average molecular weight is 488 g/mol. The van der Waals surface area contributed by atoms with Crippen LogP contribution in [-0.4, -0.2) is 26.2 Å². The lowest BCUT2D eigenvalue weighted by molar-refractivity contribution is 0.353. The standard InChI is InChI=1S/C19H22ClN3O2.HI/c1-24-16-6-7-18(25-2)17(11-16)23-19(21)22-15-9-13(10-15)12-4-3-5-14(20)8-12;/h3-8,11,13,15H,9-10H2,1-2H3,(H3,21,22,23);1H. The third kappa shape index (κ3) is 4.94. The van der Waals surface area contributed by atoms with Crippen molar-refractivity contribution in [2.75, 3.05) is 19.5 Å². The molecule has 0 saturated heterocycles. The van der Waals surface area contributed by atoms with Crippen LogP contribution in [0.15, 0.2) is 47.5 Å². The van der Waals surface area contributed by atoms with Gasteiger partial charge in [-0.1, -0.05) is 23.7 Å². The van der Waals surface area contributed by atoms with Crippen LogP contribution in [0, 0.1) is 0 Å². The van der Waals surface area contributed by atoms with Crippen LogP contribution in [0.5, 0.6) is 11.5 Å². The molecule has 0 aliphatic heterocycles. The van der Waals surface area contributed by atoms with Crippen LogP contribution in [0.25, 0.3) is 0 Å². The van der Waals surface area contributed by atoms with Gasteiger partial charge in [-0.3, -0.25) is 0 Å². The molecule has 3 rings (SSSR count). The fraction of sp³-hybridized carbons (Fsp3) is 0.316. The number of methoxy groups -OCH3 is 2. The Morgan fingerprint density at radius 3 is 2.58 bits per heavy atom. The number of nitrogens with two attached hydrogens (primary N) is 1. The van der Waals surface area contributed by atoms with Gasteiger partial charge in [0.2, 0.25) is 0 Å². The highest BCUT2D eigenvalue weighted by Gasteiger charge is 2.30. The van der Waals surface area contributed by atoms with E-state index in [1.54, 1.807) is 14.2 Å². The summed E-state index contributed by atoms with van der Waals surface area (Å²) >= 11 is 6.05. The fourth-order valence-electron chi connectivity index (χ4n) is 3.00. The van der Waals surface area contributed by atoms with Crippen molar-refractivity contribution in [2.45, 2.75) is 24.8 Å². The molecule has 2 aromatic carbocycles. The van der Waals surface area contributed by atoms with Crippen molar-refractivity contribution in [1.82, 2.24) is 0 Å². The summed E-state index contributed by atoms with van der Waals surface area (Å²) in [5.74, 6) is 2.28. The summed E-state index contributed by atoms with van der Waals surface area (Å²) in [4.78, 5) is 4.56. The monoisotopic (exact) mass is 487 g/mol. The second kappa shape index (κ2) is 9.32. The summed E-state index contributed by atoms with van der Waals surface area (Å²) in [5, 5.41) is 3.87. The Morgan fingerprint density at radius 2 is 1.92 bits per heavy atom. The van der Waals surface area contributed by atoms with Gasteiger partial charge in [-0.25, -0.2) is 4.99 Å². The summed E-state index contributed by atoms with van der Waals surface area (Å²) < 4.78 is 10.6. The van der Waals surface area contributed by atoms with E-state index in [0.29, 0.717) is 17.6 Å². The van der Waals surface area contributed by atoms with Crippen molar-refractivity contribution in [1.29, 1.82) is 0 Å². The smallest absolute Gasteiger partial charge is 0.193 e. The van der Waals surface area contributed by atoms with E-state index in [1.807, 2.05) is 36.4 Å². The van der Waals surface area contributed by atoms with Crippen LogP contribution in [-0.2, 0) is 0 Å². The molecule has 0 bridgehead atoms. The van der Waals surface area contributed by atoms with E-state index in [9.17, 15) is 0 Å². The number of nitrogens with zero attached hydrogens (tertiary/aromatic N) is 1. The van der Waals surface area contributed by atoms with Crippen LogP contribution >= 0.6 is 35.6 Å². The van der Waals surface area contributed by atoms with Gasteiger partial charge in [0.15, 0.2) is 5.96 Å². The van der Waals surface area contributed by atoms with Crippen LogP contribution < -0.4 is 20.5 Å². The van der Waals surface area contributed by atoms with Gasteiger partial charge in [-0.15, -0.1) is 24.0 Å². The Balaban J connectivity index is 0.00000243. The largest absolute Gasteiger partial charge is 0.497 e. The number of nitrogens with one attached hydrogen (secondary N) is 1. The van der Waals surface area contributed by atoms with Crippen molar-refractivity contribution >= 4 is 47.2 Å². The Kier molecular flexibility index (Phi) is 7.40. The van der Waals surface area contributed by atoms with Gasteiger partial charge in [0.1, 0.15) is 11.5 Å². The molecule has 1 fully saturated rings. The van der Waals surface area contributed by atoms with E-state index in [2.05, 4.69) is 16.4 Å². The molecule has 0 spiro atoms. The molecular formula is C19H23ClIN3O2. The molecule has 0 unspecified atom stereocenters. The van der Waals surface area contributed by atoms with Crippen LogP contribution in [0.3, 0.4) is 0 Å². The molecule has 26 heavy (non-hydrogen) atoms. The summed E-state index contributed by atoms with van der Waals surface area (Å²) in [6.07, 6.45) is 1.94. The van der Waals surface area contributed by atoms with Gasteiger partial charge in [0, 0.05) is 11.1 Å². The van der Waals surface area contributed by atoms with Gasteiger partial charge in [0.05, 0.1) is 25.9 Å². The third-order valence-electron chi connectivity index (χ3n) is 4.42. The Labute approximate surface area is 175 Å². The lowest BCUT2D eigenvalue weighted by Crippen LogP contribution is -2.31. The molecule has 0 aromatic heterocycles. The van der Waals surface area contributed by atoms with Crippen LogP contribution in [0.1, 0.15) is 24.3 Å². The zero-order valence-electron chi connectivity index (χ0n) is 14.7. The molecule has 3 N–H and O–H groups in total. The minimum Gasteiger partial charge on any atom is -0.497 e. The zero-order chi connectivity index (χ0) is 17.8. The number of hydrogen-bond acceptors (Lipinski definition) is 3. The van der Waals surface area contributed by atoms with Crippen molar-refractivity contribution in [3.63, 3.8) is 0 Å². The number of hydrogen-bond donors (Lipinski definition) is 2. The molecule has 2 aromatic rings. The summed E-state index contributed by atoms with van der Waals surface area (Å²) in [6, 6.07) is 13.7. The highest BCUT2D eigenvalue weighted by Crippen LogP contribution is 2.39. The van der Waals surface area contributed by atoms with Crippen LogP contribution in [0.4, 0.5) is 5.69 Å². The maximum Gasteiger partial charge on any atom is 0.193 e. The topological polar surface area (TPSA) is 68.9 Å². The molecule has 0 atom stereocenters. The third-order valence-corrected chi connectivity index (χ3v) is 4.66. The fourth-order valence-corrected chi connectivity index (χ4v) is 3.20. The number of anilines is 1. The number of halogens is 2. The first-order valence-corrected chi connectivity index (χ1v) is 8.54. The minimum atomic E-state index is 0. The van der Waals surface area contributed by atoms with Crippen molar-refractivity contribution in [3.05, 3.63) is 53.1 Å². The lowest BCUT2D eigenvalue weighted by atomic mass is 9.76. The SMILES string of the molecule is COc1ccc(OC)c(NC(N)=NC2CC(c3cccc(Cl)c3)C2)c1.I. The highest BCUT2D eigenvalue weighted by atomic mass is 127. The highest BCUT2D eigenvalue weighted by molar-refractivity contribution is 14.0. The number of benzene rings is 2. The zero-order valence-corrected chi connectivity index (χ0v) is 17.8. The maximum absolute atomic E-state index is 6.06. The molecule has 7 heteroatoms. The maximum atomic E-state index is 6.06. The minimum absolute atomic E-state index is 0. The Morgan fingerprint density at radius 1 is 1.15 bits per heavy atom.